The molecule has 2 aromatic carbocycles. The van der Waals surface area contributed by atoms with Crippen molar-refractivity contribution in [2.24, 2.45) is 0 Å². The lowest BCUT2D eigenvalue weighted by Gasteiger charge is -2.04. The summed E-state index contributed by atoms with van der Waals surface area (Å²) in [6, 6.07) is 16.7. The van der Waals surface area contributed by atoms with E-state index in [-0.39, 0.29) is 0 Å². The molecule has 1 heterocycles. The number of rotatable bonds is 1. The van der Waals surface area contributed by atoms with Gasteiger partial charge in [0, 0.05) is 16.1 Å². The topological polar surface area (TPSA) is 12.9 Å². The molecule has 16 heavy (non-hydrogen) atoms. The Morgan fingerprint density at radius 3 is 2.62 bits per heavy atom. The molecule has 0 fully saturated rings. The molecule has 1 nitrogen and oxygen atoms in total. The highest BCUT2D eigenvalue weighted by Gasteiger charge is 2.02. The molecule has 78 valence electrons. The van der Waals surface area contributed by atoms with E-state index in [9.17, 15) is 0 Å². The minimum Gasteiger partial charge on any atom is -0.248 e. The summed E-state index contributed by atoms with van der Waals surface area (Å²) in [7, 11) is 0. The van der Waals surface area contributed by atoms with Crippen molar-refractivity contribution in [2.45, 2.75) is 5.33 Å². The van der Waals surface area contributed by atoms with Crippen LogP contribution in [-0.4, -0.2) is 4.98 Å². The van der Waals surface area contributed by atoms with Gasteiger partial charge in [-0.2, -0.15) is 0 Å². The lowest BCUT2D eigenvalue weighted by atomic mass is 10.1. The maximum Gasteiger partial charge on any atom is 0.0712 e. The SMILES string of the molecule is BrCc1cccc2nc3ccccc3cc12. The Morgan fingerprint density at radius 1 is 0.938 bits per heavy atom. The number of aromatic nitrogens is 1. The summed E-state index contributed by atoms with van der Waals surface area (Å²) < 4.78 is 0. The van der Waals surface area contributed by atoms with Gasteiger partial charge in [-0.25, -0.2) is 4.98 Å². The molecule has 0 aliphatic carbocycles. The van der Waals surface area contributed by atoms with Crippen LogP contribution < -0.4 is 0 Å². The monoisotopic (exact) mass is 271 g/mol. The standard InChI is InChI=1S/C14H10BrN/c15-9-11-5-3-7-14-12(11)8-10-4-1-2-6-13(10)16-14/h1-8H,9H2. The van der Waals surface area contributed by atoms with Gasteiger partial charge in [0.15, 0.2) is 0 Å². The second kappa shape index (κ2) is 3.87. The van der Waals surface area contributed by atoms with Crippen molar-refractivity contribution in [2.75, 3.05) is 0 Å². The number of hydrogen-bond donors (Lipinski definition) is 0. The van der Waals surface area contributed by atoms with Crippen LogP contribution in [0, 0.1) is 0 Å². The first-order valence-electron chi connectivity index (χ1n) is 5.22. The van der Waals surface area contributed by atoms with Crippen molar-refractivity contribution in [1.29, 1.82) is 0 Å². The Bertz CT molecular complexity index is 661. The number of alkyl halides is 1. The Labute approximate surface area is 102 Å². The third-order valence-electron chi connectivity index (χ3n) is 2.79. The van der Waals surface area contributed by atoms with Gasteiger partial charge in [-0.15, -0.1) is 0 Å². The number of para-hydroxylation sites is 1. The zero-order chi connectivity index (χ0) is 11.0. The summed E-state index contributed by atoms with van der Waals surface area (Å²) in [6.07, 6.45) is 0. The molecule has 1 aromatic heterocycles. The lowest BCUT2D eigenvalue weighted by Crippen LogP contribution is -1.86. The fourth-order valence-electron chi connectivity index (χ4n) is 1.98. The second-order valence-electron chi connectivity index (χ2n) is 3.80. The number of halogens is 1. The van der Waals surface area contributed by atoms with Crippen molar-refractivity contribution in [1.82, 2.24) is 4.98 Å². The average molecular weight is 272 g/mol. The first kappa shape index (κ1) is 9.79. The molecule has 0 aliphatic heterocycles. The molecule has 0 amide bonds. The number of nitrogens with zero attached hydrogens (tertiary/aromatic N) is 1. The highest BCUT2D eigenvalue weighted by molar-refractivity contribution is 9.08. The molecule has 0 saturated heterocycles. The van der Waals surface area contributed by atoms with Crippen molar-refractivity contribution in [3.63, 3.8) is 0 Å². The van der Waals surface area contributed by atoms with E-state index in [4.69, 9.17) is 0 Å². The fraction of sp³-hybridized carbons (Fsp3) is 0.0714. The molecule has 0 bridgehead atoms. The predicted molar refractivity (Wildman–Crippen MR) is 71.9 cm³/mol. The summed E-state index contributed by atoms with van der Waals surface area (Å²) in [4.78, 5) is 4.67. The molecule has 2 heteroatoms. The third kappa shape index (κ3) is 1.50. The van der Waals surface area contributed by atoms with Gasteiger partial charge >= 0.3 is 0 Å². The van der Waals surface area contributed by atoms with Crippen LogP contribution in [0.25, 0.3) is 21.8 Å². The summed E-state index contributed by atoms with van der Waals surface area (Å²) >= 11 is 3.51. The summed E-state index contributed by atoms with van der Waals surface area (Å²) in [5, 5.41) is 3.30. The Balaban J connectivity index is 2.46. The summed E-state index contributed by atoms with van der Waals surface area (Å²) in [6.45, 7) is 0. The predicted octanol–water partition coefficient (Wildman–Crippen LogP) is 4.28. The van der Waals surface area contributed by atoms with E-state index < -0.39 is 0 Å². The van der Waals surface area contributed by atoms with Crippen molar-refractivity contribution < 1.29 is 0 Å². The Kier molecular flexibility index (Phi) is 2.37. The maximum atomic E-state index is 4.67. The molecular formula is C14H10BrN. The summed E-state index contributed by atoms with van der Waals surface area (Å²) in [5.41, 5.74) is 3.41. The van der Waals surface area contributed by atoms with Gasteiger partial charge in [0.1, 0.15) is 0 Å². The number of fused-ring (bicyclic) bond motifs is 2. The number of hydrogen-bond acceptors (Lipinski definition) is 1. The number of pyridine rings is 1. The molecule has 3 aromatic rings. The lowest BCUT2D eigenvalue weighted by molar-refractivity contribution is 1.44. The summed E-state index contributed by atoms with van der Waals surface area (Å²) in [5.74, 6) is 0. The molecule has 0 N–H and O–H groups in total. The van der Waals surface area contributed by atoms with E-state index in [1.54, 1.807) is 0 Å². The van der Waals surface area contributed by atoms with Gasteiger partial charge in [0.25, 0.3) is 0 Å². The van der Waals surface area contributed by atoms with Crippen molar-refractivity contribution in [3.05, 3.63) is 54.1 Å². The maximum absolute atomic E-state index is 4.67. The first-order chi connectivity index (χ1) is 7.88. The second-order valence-corrected chi connectivity index (χ2v) is 4.36. The van der Waals surface area contributed by atoms with Gasteiger partial charge < -0.3 is 0 Å². The molecule has 0 aliphatic rings. The van der Waals surface area contributed by atoms with E-state index in [1.165, 1.54) is 16.3 Å². The van der Waals surface area contributed by atoms with Crippen molar-refractivity contribution >= 4 is 37.7 Å². The molecule has 0 radical (unpaired) electrons. The van der Waals surface area contributed by atoms with Crippen LogP contribution in [0.15, 0.2) is 48.5 Å². The molecule has 0 atom stereocenters. The van der Waals surface area contributed by atoms with Crippen molar-refractivity contribution in [3.8, 4) is 0 Å². The zero-order valence-corrected chi connectivity index (χ0v) is 10.2. The van der Waals surface area contributed by atoms with Gasteiger partial charge in [0.05, 0.1) is 11.0 Å². The van der Waals surface area contributed by atoms with E-state index in [1.807, 2.05) is 12.1 Å². The molecule has 0 unspecified atom stereocenters. The number of benzene rings is 2. The quantitative estimate of drug-likeness (QED) is 0.476. The van der Waals surface area contributed by atoms with Crippen LogP contribution in [0.2, 0.25) is 0 Å². The molecule has 0 spiro atoms. The van der Waals surface area contributed by atoms with Gasteiger partial charge in [-0.1, -0.05) is 46.3 Å². The van der Waals surface area contributed by atoms with Crippen LogP contribution in [0.5, 0.6) is 0 Å². The van der Waals surface area contributed by atoms with Gasteiger partial charge in [0.2, 0.25) is 0 Å². The first-order valence-corrected chi connectivity index (χ1v) is 6.34. The van der Waals surface area contributed by atoms with E-state index in [0.717, 1.165) is 16.4 Å². The van der Waals surface area contributed by atoms with E-state index in [0.29, 0.717) is 0 Å². The van der Waals surface area contributed by atoms with Crippen LogP contribution in [0.3, 0.4) is 0 Å². The minimum absolute atomic E-state index is 0.865. The van der Waals surface area contributed by atoms with Crippen LogP contribution in [0.1, 0.15) is 5.56 Å². The largest absolute Gasteiger partial charge is 0.248 e. The molecular weight excluding hydrogens is 262 g/mol. The average Bonchev–Trinajstić information content (AvgIpc) is 2.35. The Hall–Kier alpha value is -1.41. The molecule has 3 rings (SSSR count). The highest BCUT2D eigenvalue weighted by Crippen LogP contribution is 2.23. The van der Waals surface area contributed by atoms with E-state index >= 15 is 0 Å². The third-order valence-corrected chi connectivity index (χ3v) is 3.40. The van der Waals surface area contributed by atoms with Crippen LogP contribution in [-0.2, 0) is 5.33 Å². The highest BCUT2D eigenvalue weighted by atomic mass is 79.9. The van der Waals surface area contributed by atoms with Crippen LogP contribution in [0.4, 0.5) is 0 Å². The van der Waals surface area contributed by atoms with Gasteiger partial charge in [-0.3, -0.25) is 0 Å². The Morgan fingerprint density at radius 2 is 1.75 bits per heavy atom. The molecule has 0 saturated carbocycles. The normalized spacial score (nSPS) is 11.1. The zero-order valence-electron chi connectivity index (χ0n) is 8.65. The van der Waals surface area contributed by atoms with Crippen LogP contribution >= 0.6 is 15.9 Å². The minimum atomic E-state index is 0.865. The smallest absolute Gasteiger partial charge is 0.0712 e. The van der Waals surface area contributed by atoms with E-state index in [2.05, 4.69) is 57.3 Å². The fourth-order valence-corrected chi connectivity index (χ4v) is 2.47. The van der Waals surface area contributed by atoms with Gasteiger partial charge in [-0.05, 0) is 23.8 Å².